The van der Waals surface area contributed by atoms with Gasteiger partial charge in [0.05, 0.1) is 12.6 Å². The highest BCUT2D eigenvalue weighted by Gasteiger charge is 2.22. The van der Waals surface area contributed by atoms with E-state index >= 15 is 0 Å². The maximum Gasteiger partial charge on any atom is 0.223 e. The molecule has 0 aromatic heterocycles. The van der Waals surface area contributed by atoms with E-state index < -0.39 is 0 Å². The number of hydrogen-bond donors (Lipinski definition) is 2. The second kappa shape index (κ2) is 13.8. The van der Waals surface area contributed by atoms with Crippen LogP contribution >= 0.6 is 0 Å². The maximum atomic E-state index is 12.2. The first-order valence-corrected chi connectivity index (χ1v) is 11.2. The third-order valence-electron chi connectivity index (χ3n) is 5.57. The van der Waals surface area contributed by atoms with Gasteiger partial charge in [-0.3, -0.25) is 9.79 Å². The maximum absolute atomic E-state index is 12.2. The third kappa shape index (κ3) is 8.35. The minimum atomic E-state index is 0.214. The second-order valence-electron chi connectivity index (χ2n) is 7.77. The number of hydrogen-bond acceptors (Lipinski definition) is 4. The third-order valence-corrected chi connectivity index (χ3v) is 5.57. The van der Waals surface area contributed by atoms with Crippen molar-refractivity contribution in [3.05, 3.63) is 0 Å². The molecule has 1 heterocycles. The van der Waals surface area contributed by atoms with E-state index in [0.29, 0.717) is 19.2 Å². The van der Waals surface area contributed by atoms with Crippen LogP contribution in [0.25, 0.3) is 0 Å². The Morgan fingerprint density at radius 2 is 1.82 bits per heavy atom. The highest BCUT2D eigenvalue weighted by Crippen LogP contribution is 2.23. The molecule has 1 saturated heterocycles. The van der Waals surface area contributed by atoms with Crippen molar-refractivity contribution in [3.8, 4) is 0 Å². The van der Waals surface area contributed by atoms with Crippen LogP contribution in [0.2, 0.25) is 0 Å². The van der Waals surface area contributed by atoms with Crippen LogP contribution in [0.5, 0.6) is 0 Å². The zero-order valence-electron chi connectivity index (χ0n) is 17.9. The molecule has 2 aliphatic rings. The first kappa shape index (κ1) is 22.9. The van der Waals surface area contributed by atoms with Gasteiger partial charge in [0.1, 0.15) is 0 Å². The van der Waals surface area contributed by atoms with Crippen molar-refractivity contribution in [1.29, 1.82) is 0 Å². The number of guanidine groups is 1. The quantitative estimate of drug-likeness (QED) is 0.336. The molecule has 0 spiro atoms. The summed E-state index contributed by atoms with van der Waals surface area (Å²) in [5.41, 5.74) is 0. The number of amides is 1. The van der Waals surface area contributed by atoms with Gasteiger partial charge in [-0.25, -0.2) is 0 Å². The Labute approximate surface area is 170 Å². The molecule has 7 nitrogen and oxygen atoms in total. The van der Waals surface area contributed by atoms with E-state index in [2.05, 4.69) is 22.5 Å². The molecule has 1 aliphatic carbocycles. The van der Waals surface area contributed by atoms with Gasteiger partial charge in [0.25, 0.3) is 0 Å². The lowest BCUT2D eigenvalue weighted by Crippen LogP contribution is -2.47. The molecule has 28 heavy (non-hydrogen) atoms. The van der Waals surface area contributed by atoms with Gasteiger partial charge >= 0.3 is 0 Å². The smallest absolute Gasteiger partial charge is 0.223 e. The molecule has 0 aromatic carbocycles. The van der Waals surface area contributed by atoms with Crippen LogP contribution in [0, 0.1) is 5.92 Å². The number of nitrogens with zero attached hydrogens (tertiary/aromatic N) is 2. The van der Waals surface area contributed by atoms with E-state index in [1.54, 1.807) is 7.11 Å². The van der Waals surface area contributed by atoms with Crippen LogP contribution < -0.4 is 10.6 Å². The molecular weight excluding hydrogens is 356 g/mol. The molecule has 1 saturated carbocycles. The van der Waals surface area contributed by atoms with E-state index in [-0.39, 0.29) is 11.8 Å². The monoisotopic (exact) mass is 396 g/mol. The molecule has 2 fully saturated rings. The van der Waals surface area contributed by atoms with Crippen molar-refractivity contribution in [2.45, 2.75) is 64.4 Å². The van der Waals surface area contributed by atoms with Gasteiger partial charge in [-0.1, -0.05) is 19.3 Å². The molecular formula is C21H40N4O3. The number of piperidine rings is 1. The largest absolute Gasteiger partial charge is 0.385 e. The minimum absolute atomic E-state index is 0.214. The zero-order valence-corrected chi connectivity index (χ0v) is 17.9. The summed E-state index contributed by atoms with van der Waals surface area (Å²) in [6.07, 6.45) is 9.07. The van der Waals surface area contributed by atoms with Crippen LogP contribution in [-0.4, -0.2) is 75.9 Å². The van der Waals surface area contributed by atoms with E-state index in [4.69, 9.17) is 14.5 Å². The van der Waals surface area contributed by atoms with E-state index in [1.807, 2.05) is 0 Å². The Morgan fingerprint density at radius 3 is 2.50 bits per heavy atom. The number of likely N-dealkylation sites (tertiary alicyclic amines) is 1. The fourth-order valence-corrected chi connectivity index (χ4v) is 3.96. The molecule has 2 N–H and O–H groups in total. The number of rotatable bonds is 10. The summed E-state index contributed by atoms with van der Waals surface area (Å²) in [4.78, 5) is 19.3. The topological polar surface area (TPSA) is 75.2 Å². The van der Waals surface area contributed by atoms with Gasteiger partial charge in [0.15, 0.2) is 5.96 Å². The number of carbonyl (C=O) groups excluding carboxylic acids is 1. The van der Waals surface area contributed by atoms with Gasteiger partial charge < -0.3 is 25.0 Å². The lowest BCUT2D eigenvalue weighted by Gasteiger charge is -2.34. The molecule has 7 heteroatoms. The first-order chi connectivity index (χ1) is 13.7. The number of ether oxygens (including phenoxy) is 2. The summed E-state index contributed by atoms with van der Waals surface area (Å²) in [6.45, 7) is 7.61. The summed E-state index contributed by atoms with van der Waals surface area (Å²) in [7, 11) is 1.72. The van der Waals surface area contributed by atoms with E-state index in [9.17, 15) is 4.79 Å². The fourth-order valence-electron chi connectivity index (χ4n) is 3.96. The van der Waals surface area contributed by atoms with Crippen molar-refractivity contribution in [1.82, 2.24) is 15.5 Å². The minimum Gasteiger partial charge on any atom is -0.385 e. The highest BCUT2D eigenvalue weighted by atomic mass is 16.5. The fraction of sp³-hybridized carbons (Fsp3) is 0.905. The normalized spacial score (nSPS) is 19.6. The Bertz CT molecular complexity index is 459. The summed E-state index contributed by atoms with van der Waals surface area (Å²) >= 11 is 0. The molecule has 1 amide bonds. The average molecular weight is 397 g/mol. The van der Waals surface area contributed by atoms with Gasteiger partial charge in [-0.15, -0.1) is 0 Å². The molecule has 0 bridgehead atoms. The van der Waals surface area contributed by atoms with Crippen molar-refractivity contribution in [2.24, 2.45) is 10.9 Å². The molecule has 0 atom stereocenters. The Morgan fingerprint density at radius 1 is 1.07 bits per heavy atom. The van der Waals surface area contributed by atoms with Crippen molar-refractivity contribution < 1.29 is 14.3 Å². The lowest BCUT2D eigenvalue weighted by atomic mass is 9.89. The molecule has 0 unspecified atom stereocenters. The second-order valence-corrected chi connectivity index (χ2v) is 7.77. The molecule has 162 valence electrons. The molecule has 1 aliphatic heterocycles. The summed E-state index contributed by atoms with van der Waals surface area (Å²) in [5.74, 6) is 1.38. The first-order valence-electron chi connectivity index (χ1n) is 11.2. The van der Waals surface area contributed by atoms with Gasteiger partial charge in [-0.2, -0.15) is 0 Å². The van der Waals surface area contributed by atoms with Crippen molar-refractivity contribution >= 4 is 11.9 Å². The number of aliphatic imine (C=N–C) groups is 1. The standard InChI is InChI=1S/C21H40N4O3/c1-3-22-21(24-13-12-23-20(26)18-8-5-4-6-9-18)25-14-10-19(11-15-25)28-17-7-16-27-2/h18-19H,3-17H2,1-2H3,(H,22,24)(H,23,26). The van der Waals surface area contributed by atoms with Crippen LogP contribution in [0.4, 0.5) is 0 Å². The van der Waals surface area contributed by atoms with E-state index in [1.165, 1.54) is 19.3 Å². The van der Waals surface area contributed by atoms with Crippen LogP contribution in [-0.2, 0) is 14.3 Å². The number of nitrogens with one attached hydrogen (secondary N) is 2. The highest BCUT2D eigenvalue weighted by molar-refractivity contribution is 5.80. The van der Waals surface area contributed by atoms with Crippen LogP contribution in [0.1, 0.15) is 58.3 Å². The predicted molar refractivity (Wildman–Crippen MR) is 113 cm³/mol. The summed E-state index contributed by atoms with van der Waals surface area (Å²) in [6, 6.07) is 0. The Balaban J connectivity index is 1.68. The van der Waals surface area contributed by atoms with E-state index in [0.717, 1.165) is 70.9 Å². The number of carbonyl (C=O) groups is 1. The Hall–Kier alpha value is -1.34. The van der Waals surface area contributed by atoms with Crippen molar-refractivity contribution in [3.63, 3.8) is 0 Å². The molecule has 0 aromatic rings. The molecule has 0 radical (unpaired) electrons. The van der Waals surface area contributed by atoms with Crippen LogP contribution in [0.3, 0.4) is 0 Å². The lowest BCUT2D eigenvalue weighted by molar-refractivity contribution is -0.125. The SMILES string of the molecule is CCNC(=NCCNC(=O)C1CCCCC1)N1CCC(OCCCOC)CC1. The summed E-state index contributed by atoms with van der Waals surface area (Å²) in [5, 5.41) is 6.46. The van der Waals surface area contributed by atoms with Crippen LogP contribution in [0.15, 0.2) is 4.99 Å². The molecule has 2 rings (SSSR count). The van der Waals surface area contributed by atoms with Crippen molar-refractivity contribution in [2.75, 3.05) is 53.0 Å². The Kier molecular flexibility index (Phi) is 11.3. The predicted octanol–water partition coefficient (Wildman–Crippen LogP) is 2.17. The van der Waals surface area contributed by atoms with Gasteiger partial charge in [0.2, 0.25) is 5.91 Å². The zero-order chi connectivity index (χ0) is 20.0. The summed E-state index contributed by atoms with van der Waals surface area (Å²) < 4.78 is 11.0. The van der Waals surface area contributed by atoms with Gasteiger partial charge in [0, 0.05) is 52.4 Å². The number of methoxy groups -OCH3 is 1. The average Bonchev–Trinajstić information content (AvgIpc) is 2.74. The van der Waals surface area contributed by atoms with Gasteiger partial charge in [-0.05, 0) is 39.0 Å².